The van der Waals surface area contributed by atoms with Gasteiger partial charge in [0.15, 0.2) is 0 Å². The van der Waals surface area contributed by atoms with Gasteiger partial charge in [-0.25, -0.2) is 0 Å². The van der Waals surface area contributed by atoms with Crippen LogP contribution in [0, 0.1) is 0 Å². The van der Waals surface area contributed by atoms with Crippen LogP contribution in [0.4, 0.5) is 23.5 Å². The molecule has 2 aromatic carbocycles. The van der Waals surface area contributed by atoms with Gasteiger partial charge in [-0.1, -0.05) is 47.5 Å². The molecule has 1 N–H and O–H groups in total. The summed E-state index contributed by atoms with van der Waals surface area (Å²) < 4.78 is 11.3. The van der Waals surface area contributed by atoms with Crippen LogP contribution in [0.5, 0.6) is 0 Å². The predicted molar refractivity (Wildman–Crippen MR) is 135 cm³/mol. The summed E-state index contributed by atoms with van der Waals surface area (Å²) in [6, 6.07) is 18.7. The monoisotopic (exact) mass is 509 g/mol. The van der Waals surface area contributed by atoms with E-state index in [4.69, 9.17) is 32.4 Å². The van der Waals surface area contributed by atoms with Crippen molar-refractivity contribution < 1.29 is 9.15 Å². The second-order valence-electron chi connectivity index (χ2n) is 7.62. The first kappa shape index (κ1) is 23.2. The molecule has 11 heteroatoms. The fourth-order valence-corrected chi connectivity index (χ4v) is 3.87. The van der Waals surface area contributed by atoms with Gasteiger partial charge in [0.1, 0.15) is 18.1 Å². The Labute approximate surface area is 211 Å². The molecule has 5 rings (SSSR count). The third-order valence-electron chi connectivity index (χ3n) is 5.20. The van der Waals surface area contributed by atoms with Crippen LogP contribution in [0.15, 0.2) is 75.3 Å². The van der Waals surface area contributed by atoms with Gasteiger partial charge >= 0.3 is 0 Å². The number of ether oxygens (including phenoxy) is 1. The van der Waals surface area contributed by atoms with E-state index in [-0.39, 0.29) is 12.5 Å². The molecule has 9 nitrogen and oxygen atoms in total. The van der Waals surface area contributed by atoms with E-state index in [9.17, 15) is 0 Å². The molecule has 0 aliphatic carbocycles. The average molecular weight is 510 g/mol. The van der Waals surface area contributed by atoms with E-state index >= 15 is 0 Å². The molecule has 0 unspecified atom stereocenters. The molecule has 1 saturated heterocycles. The number of hydrogen-bond acceptors (Lipinski definition) is 9. The topological polar surface area (TPSA) is 101 Å². The maximum absolute atomic E-state index is 6.30. The smallest absolute Gasteiger partial charge is 0.275 e. The molecule has 35 heavy (non-hydrogen) atoms. The maximum atomic E-state index is 6.30. The Morgan fingerprint density at radius 2 is 1.74 bits per heavy atom. The van der Waals surface area contributed by atoms with Gasteiger partial charge in [0.2, 0.25) is 11.9 Å². The minimum atomic E-state index is 0.199. The zero-order valence-electron chi connectivity index (χ0n) is 18.6. The molecular weight excluding hydrogens is 489 g/mol. The number of halogens is 2. The van der Waals surface area contributed by atoms with Crippen molar-refractivity contribution in [2.75, 3.05) is 36.5 Å². The van der Waals surface area contributed by atoms with Gasteiger partial charge in [0, 0.05) is 24.3 Å². The molecule has 0 atom stereocenters. The number of azo groups is 1. The first-order chi connectivity index (χ1) is 17.2. The van der Waals surface area contributed by atoms with Crippen molar-refractivity contribution in [2.24, 2.45) is 10.2 Å². The van der Waals surface area contributed by atoms with Crippen LogP contribution in [-0.4, -0.2) is 41.3 Å². The fraction of sp³-hybridized carbons (Fsp3) is 0.208. The lowest BCUT2D eigenvalue weighted by molar-refractivity contribution is 0.122. The van der Waals surface area contributed by atoms with Crippen LogP contribution in [0.25, 0.3) is 11.3 Å². The van der Waals surface area contributed by atoms with E-state index in [2.05, 4.69) is 30.5 Å². The van der Waals surface area contributed by atoms with Crippen molar-refractivity contribution in [3.8, 4) is 11.3 Å². The van der Waals surface area contributed by atoms with Crippen LogP contribution >= 0.6 is 23.2 Å². The van der Waals surface area contributed by atoms with Gasteiger partial charge in [-0.2, -0.15) is 20.1 Å². The van der Waals surface area contributed by atoms with Crippen molar-refractivity contribution in [1.82, 2.24) is 15.0 Å². The van der Waals surface area contributed by atoms with E-state index in [0.717, 1.165) is 5.69 Å². The van der Waals surface area contributed by atoms with Gasteiger partial charge in [-0.15, -0.1) is 5.11 Å². The zero-order valence-corrected chi connectivity index (χ0v) is 20.1. The minimum absolute atomic E-state index is 0.199. The number of rotatable bonds is 7. The standard InChI is InChI=1S/C24H21Cl2N7O2/c25-19-8-4-7-18(21(19)26)20-10-9-17(35-20)15-27-32-23-29-22(28-16-5-2-1-3-6-16)30-24(31-23)33-11-13-34-14-12-33/h1-10H,11-15H2,(H,28,29,30,31). The lowest BCUT2D eigenvalue weighted by Crippen LogP contribution is -2.37. The third kappa shape index (κ3) is 5.76. The van der Waals surface area contributed by atoms with E-state index in [0.29, 0.717) is 65.3 Å². The molecule has 1 aliphatic heterocycles. The predicted octanol–water partition coefficient (Wildman–Crippen LogP) is 6.30. The molecule has 2 aromatic heterocycles. The van der Waals surface area contributed by atoms with Crippen molar-refractivity contribution in [3.63, 3.8) is 0 Å². The average Bonchev–Trinajstić information content (AvgIpc) is 3.35. The van der Waals surface area contributed by atoms with E-state index in [1.54, 1.807) is 6.07 Å². The Kier molecular flexibility index (Phi) is 7.17. The van der Waals surface area contributed by atoms with E-state index in [1.165, 1.54) is 0 Å². The molecule has 0 amide bonds. The Morgan fingerprint density at radius 1 is 0.914 bits per heavy atom. The second kappa shape index (κ2) is 10.8. The van der Waals surface area contributed by atoms with Crippen molar-refractivity contribution in [3.05, 3.63) is 76.5 Å². The number of anilines is 3. The van der Waals surface area contributed by atoms with E-state index in [1.807, 2.05) is 59.5 Å². The van der Waals surface area contributed by atoms with Crippen molar-refractivity contribution in [2.45, 2.75) is 6.54 Å². The number of morpholine rings is 1. The highest BCUT2D eigenvalue weighted by Crippen LogP contribution is 2.34. The first-order valence-corrected chi connectivity index (χ1v) is 11.7. The van der Waals surface area contributed by atoms with Crippen LogP contribution < -0.4 is 10.2 Å². The number of nitrogens with zero attached hydrogens (tertiary/aromatic N) is 6. The third-order valence-corrected chi connectivity index (χ3v) is 6.02. The second-order valence-corrected chi connectivity index (χ2v) is 8.40. The van der Waals surface area contributed by atoms with Crippen molar-refractivity contribution in [1.29, 1.82) is 0 Å². The maximum Gasteiger partial charge on any atom is 0.275 e. The van der Waals surface area contributed by atoms with Gasteiger partial charge < -0.3 is 19.4 Å². The molecule has 3 heterocycles. The Bertz CT molecular complexity index is 1320. The number of nitrogens with one attached hydrogen (secondary N) is 1. The highest BCUT2D eigenvalue weighted by atomic mass is 35.5. The van der Waals surface area contributed by atoms with Gasteiger partial charge in [0.05, 0.1) is 23.3 Å². The Hall–Kier alpha value is -3.53. The lowest BCUT2D eigenvalue weighted by atomic mass is 10.2. The zero-order chi connectivity index (χ0) is 24.0. The molecular formula is C24H21Cl2N7O2. The normalized spacial score (nSPS) is 13.9. The number of benzene rings is 2. The van der Waals surface area contributed by atoms with Crippen LogP contribution in [0.1, 0.15) is 5.76 Å². The molecule has 4 aromatic rings. The van der Waals surface area contributed by atoms with Crippen LogP contribution in [-0.2, 0) is 11.3 Å². The van der Waals surface area contributed by atoms with Crippen LogP contribution in [0.2, 0.25) is 10.0 Å². The largest absolute Gasteiger partial charge is 0.459 e. The van der Waals surface area contributed by atoms with Crippen molar-refractivity contribution >= 4 is 46.7 Å². The number of hydrogen-bond donors (Lipinski definition) is 1. The molecule has 1 fully saturated rings. The summed E-state index contributed by atoms with van der Waals surface area (Å²) in [5, 5.41) is 12.6. The molecule has 0 spiro atoms. The molecule has 0 saturated carbocycles. The highest BCUT2D eigenvalue weighted by Gasteiger charge is 2.17. The summed E-state index contributed by atoms with van der Waals surface area (Å²) in [5.41, 5.74) is 1.57. The minimum Gasteiger partial charge on any atom is -0.459 e. The first-order valence-electron chi connectivity index (χ1n) is 11.0. The summed E-state index contributed by atoms with van der Waals surface area (Å²) >= 11 is 12.4. The Balaban J connectivity index is 1.35. The number of furan rings is 1. The SMILES string of the molecule is Clc1cccc(-c2ccc(CN=Nc3nc(Nc4ccccc4)nc(N4CCOCC4)n3)o2)c1Cl. The van der Waals surface area contributed by atoms with Gasteiger partial charge in [-0.05, 0) is 36.4 Å². The highest BCUT2D eigenvalue weighted by molar-refractivity contribution is 6.43. The summed E-state index contributed by atoms with van der Waals surface area (Å²) in [5.74, 6) is 2.32. The molecule has 178 valence electrons. The fourth-order valence-electron chi connectivity index (χ4n) is 3.48. The Morgan fingerprint density at radius 3 is 2.57 bits per heavy atom. The summed E-state index contributed by atoms with van der Waals surface area (Å²) in [4.78, 5) is 15.5. The van der Waals surface area contributed by atoms with Gasteiger partial charge in [0.25, 0.3) is 5.95 Å². The quantitative estimate of drug-likeness (QED) is 0.291. The molecule has 1 aliphatic rings. The van der Waals surface area contributed by atoms with Gasteiger partial charge in [-0.3, -0.25) is 0 Å². The number of para-hydroxylation sites is 1. The summed E-state index contributed by atoms with van der Waals surface area (Å²) in [6.45, 7) is 2.81. The lowest BCUT2D eigenvalue weighted by Gasteiger charge is -2.26. The van der Waals surface area contributed by atoms with E-state index < -0.39 is 0 Å². The number of aromatic nitrogens is 3. The summed E-state index contributed by atoms with van der Waals surface area (Å²) in [6.07, 6.45) is 0. The molecule has 0 radical (unpaired) electrons. The summed E-state index contributed by atoms with van der Waals surface area (Å²) in [7, 11) is 0. The molecule has 0 bridgehead atoms. The van der Waals surface area contributed by atoms with Crippen LogP contribution in [0.3, 0.4) is 0 Å².